The van der Waals surface area contributed by atoms with Crippen molar-refractivity contribution in [2.45, 2.75) is 12.5 Å². The maximum Gasteiger partial charge on any atom is 0.335 e. The van der Waals surface area contributed by atoms with Gasteiger partial charge in [-0.15, -0.1) is 0 Å². The molecule has 0 saturated heterocycles. The molecule has 1 heterocycles. The number of rotatable bonds is 3. The normalized spacial score (nSPS) is 12.2. The van der Waals surface area contributed by atoms with Crippen molar-refractivity contribution in [1.82, 2.24) is 4.98 Å². The van der Waals surface area contributed by atoms with Crippen LogP contribution >= 0.6 is 0 Å². The van der Waals surface area contributed by atoms with Crippen molar-refractivity contribution in [2.75, 3.05) is 7.11 Å². The number of hydrogen-bond acceptors (Lipinski definition) is 4. The predicted molar refractivity (Wildman–Crippen MR) is 45.9 cm³/mol. The van der Waals surface area contributed by atoms with Crippen molar-refractivity contribution in [3.8, 4) is 0 Å². The van der Waals surface area contributed by atoms with Gasteiger partial charge in [0.05, 0.1) is 7.11 Å². The maximum atomic E-state index is 12.7. The fourth-order valence-electron chi connectivity index (χ4n) is 0.978. The van der Waals surface area contributed by atoms with Crippen LogP contribution in [0.3, 0.4) is 0 Å². The number of halogens is 1. The standard InChI is InChI=1S/C9H10FNO3/c1-14-9(13)8(12)5-7-4-6(10)2-3-11-7/h2-4,8,12H,5H2,1H3. The van der Waals surface area contributed by atoms with E-state index in [1.807, 2.05) is 0 Å². The lowest BCUT2D eigenvalue weighted by atomic mass is 10.2. The first kappa shape index (κ1) is 10.6. The van der Waals surface area contributed by atoms with Crippen molar-refractivity contribution in [3.05, 3.63) is 29.8 Å². The van der Waals surface area contributed by atoms with Crippen LogP contribution in [0.4, 0.5) is 4.39 Å². The van der Waals surface area contributed by atoms with Gasteiger partial charge in [0.2, 0.25) is 0 Å². The Morgan fingerprint density at radius 3 is 3.07 bits per heavy atom. The van der Waals surface area contributed by atoms with Gasteiger partial charge in [0.1, 0.15) is 5.82 Å². The molecule has 0 amide bonds. The molecule has 5 heteroatoms. The summed E-state index contributed by atoms with van der Waals surface area (Å²) < 4.78 is 17.0. The average molecular weight is 199 g/mol. The summed E-state index contributed by atoms with van der Waals surface area (Å²) in [6.07, 6.45) is -0.0756. The van der Waals surface area contributed by atoms with E-state index in [0.717, 1.165) is 6.07 Å². The van der Waals surface area contributed by atoms with E-state index in [1.54, 1.807) is 0 Å². The largest absolute Gasteiger partial charge is 0.467 e. The third-order valence-corrected chi connectivity index (χ3v) is 1.65. The summed E-state index contributed by atoms with van der Waals surface area (Å²) in [5.41, 5.74) is 0.308. The van der Waals surface area contributed by atoms with Gasteiger partial charge in [-0.3, -0.25) is 4.98 Å². The third kappa shape index (κ3) is 2.77. The molecule has 0 saturated carbocycles. The zero-order valence-corrected chi connectivity index (χ0v) is 7.61. The Labute approximate surface area is 80.3 Å². The number of esters is 1. The van der Waals surface area contributed by atoms with Gasteiger partial charge in [-0.05, 0) is 12.1 Å². The highest BCUT2D eigenvalue weighted by Gasteiger charge is 2.16. The summed E-state index contributed by atoms with van der Waals surface area (Å²) in [5.74, 6) is -1.21. The highest BCUT2D eigenvalue weighted by Crippen LogP contribution is 2.03. The summed E-state index contributed by atoms with van der Waals surface area (Å²) in [6, 6.07) is 2.35. The molecule has 14 heavy (non-hydrogen) atoms. The molecule has 0 bridgehead atoms. The molecular weight excluding hydrogens is 189 g/mol. The highest BCUT2D eigenvalue weighted by molar-refractivity contribution is 5.74. The Morgan fingerprint density at radius 1 is 1.79 bits per heavy atom. The van der Waals surface area contributed by atoms with E-state index in [-0.39, 0.29) is 6.42 Å². The van der Waals surface area contributed by atoms with Crippen LogP contribution in [0.2, 0.25) is 0 Å². The Bertz CT molecular complexity index is 330. The van der Waals surface area contributed by atoms with Gasteiger partial charge >= 0.3 is 5.97 Å². The van der Waals surface area contributed by atoms with E-state index in [2.05, 4.69) is 9.72 Å². The molecule has 0 aliphatic heterocycles. The number of nitrogens with zero attached hydrogens (tertiary/aromatic N) is 1. The van der Waals surface area contributed by atoms with Crippen LogP contribution in [0.1, 0.15) is 5.69 Å². The van der Waals surface area contributed by atoms with E-state index < -0.39 is 17.9 Å². The van der Waals surface area contributed by atoms with Crippen LogP contribution in [0, 0.1) is 5.82 Å². The van der Waals surface area contributed by atoms with E-state index in [4.69, 9.17) is 0 Å². The summed E-state index contributed by atoms with van der Waals surface area (Å²) >= 11 is 0. The van der Waals surface area contributed by atoms with Crippen LogP contribution in [-0.4, -0.2) is 29.3 Å². The van der Waals surface area contributed by atoms with E-state index in [1.165, 1.54) is 19.4 Å². The SMILES string of the molecule is COC(=O)C(O)Cc1cc(F)ccn1. The second-order valence-corrected chi connectivity index (χ2v) is 2.71. The Morgan fingerprint density at radius 2 is 2.50 bits per heavy atom. The van der Waals surface area contributed by atoms with E-state index in [9.17, 15) is 14.3 Å². The second kappa shape index (κ2) is 4.66. The smallest absolute Gasteiger partial charge is 0.335 e. The van der Waals surface area contributed by atoms with E-state index >= 15 is 0 Å². The van der Waals surface area contributed by atoms with E-state index in [0.29, 0.717) is 5.69 Å². The van der Waals surface area contributed by atoms with Crippen LogP contribution < -0.4 is 0 Å². The van der Waals surface area contributed by atoms with Gasteiger partial charge in [0, 0.05) is 18.3 Å². The number of ether oxygens (including phenoxy) is 1. The number of pyridine rings is 1. The first-order valence-corrected chi connectivity index (χ1v) is 4.00. The molecular formula is C9H10FNO3. The van der Waals surface area contributed by atoms with Crippen molar-refractivity contribution < 1.29 is 19.0 Å². The molecule has 0 aliphatic rings. The number of methoxy groups -OCH3 is 1. The predicted octanol–water partition coefficient (Wildman–Crippen LogP) is 0.297. The average Bonchev–Trinajstić information content (AvgIpc) is 2.16. The minimum Gasteiger partial charge on any atom is -0.467 e. The molecule has 1 aromatic heterocycles. The zero-order valence-electron chi connectivity index (χ0n) is 7.61. The third-order valence-electron chi connectivity index (χ3n) is 1.65. The lowest BCUT2D eigenvalue weighted by molar-refractivity contribution is -0.150. The molecule has 0 spiro atoms. The summed E-state index contributed by atoms with van der Waals surface area (Å²) in [4.78, 5) is 14.6. The van der Waals surface area contributed by atoms with Gasteiger partial charge in [-0.1, -0.05) is 0 Å². The Hall–Kier alpha value is -1.49. The van der Waals surface area contributed by atoms with Gasteiger partial charge < -0.3 is 9.84 Å². The maximum absolute atomic E-state index is 12.7. The van der Waals surface area contributed by atoms with Crippen LogP contribution in [0.15, 0.2) is 18.3 Å². The topological polar surface area (TPSA) is 59.4 Å². The van der Waals surface area contributed by atoms with Gasteiger partial charge in [0.15, 0.2) is 6.10 Å². The Balaban J connectivity index is 2.64. The monoisotopic (exact) mass is 199 g/mol. The zero-order chi connectivity index (χ0) is 10.6. The van der Waals surface area contributed by atoms with Crippen molar-refractivity contribution >= 4 is 5.97 Å². The van der Waals surface area contributed by atoms with Crippen LogP contribution in [-0.2, 0) is 16.0 Å². The molecule has 0 radical (unpaired) electrons. The number of carbonyl (C=O) groups is 1. The minimum absolute atomic E-state index is 0.0512. The van der Waals surface area contributed by atoms with Crippen LogP contribution in [0.25, 0.3) is 0 Å². The molecule has 0 aromatic carbocycles. The quantitative estimate of drug-likeness (QED) is 0.711. The molecule has 0 fully saturated rings. The van der Waals surface area contributed by atoms with Crippen molar-refractivity contribution in [3.63, 3.8) is 0 Å². The molecule has 1 N–H and O–H groups in total. The second-order valence-electron chi connectivity index (χ2n) is 2.71. The molecule has 1 unspecified atom stereocenters. The molecule has 4 nitrogen and oxygen atoms in total. The molecule has 76 valence electrons. The van der Waals surface area contributed by atoms with Gasteiger partial charge in [0.25, 0.3) is 0 Å². The molecule has 1 aromatic rings. The lowest BCUT2D eigenvalue weighted by Gasteiger charge is -2.06. The number of carbonyl (C=O) groups excluding carboxylic acids is 1. The number of aliphatic hydroxyl groups is 1. The van der Waals surface area contributed by atoms with Crippen LogP contribution in [0.5, 0.6) is 0 Å². The number of aliphatic hydroxyl groups excluding tert-OH is 1. The fourth-order valence-corrected chi connectivity index (χ4v) is 0.978. The summed E-state index contributed by atoms with van der Waals surface area (Å²) in [6.45, 7) is 0. The fraction of sp³-hybridized carbons (Fsp3) is 0.333. The first-order chi connectivity index (χ1) is 6.63. The minimum atomic E-state index is -1.30. The van der Waals surface area contributed by atoms with Gasteiger partial charge in [-0.25, -0.2) is 9.18 Å². The first-order valence-electron chi connectivity index (χ1n) is 4.00. The molecule has 0 aliphatic carbocycles. The number of hydrogen-bond donors (Lipinski definition) is 1. The molecule has 1 atom stereocenters. The lowest BCUT2D eigenvalue weighted by Crippen LogP contribution is -2.24. The van der Waals surface area contributed by atoms with Crippen molar-refractivity contribution in [1.29, 1.82) is 0 Å². The molecule has 1 rings (SSSR count). The summed E-state index contributed by atoms with van der Waals surface area (Å²) in [7, 11) is 1.17. The Kier molecular flexibility index (Phi) is 3.53. The van der Waals surface area contributed by atoms with Gasteiger partial charge in [-0.2, -0.15) is 0 Å². The summed E-state index contributed by atoms with van der Waals surface area (Å²) in [5, 5.41) is 9.23. The number of aromatic nitrogens is 1. The van der Waals surface area contributed by atoms with Crippen molar-refractivity contribution in [2.24, 2.45) is 0 Å². The highest BCUT2D eigenvalue weighted by atomic mass is 19.1.